The van der Waals surface area contributed by atoms with Crippen molar-refractivity contribution in [3.05, 3.63) is 76.3 Å². The second-order valence-corrected chi connectivity index (χ2v) is 9.87. The van der Waals surface area contributed by atoms with Gasteiger partial charge in [-0.1, -0.05) is 51.1 Å². The molecule has 170 valence electrons. The van der Waals surface area contributed by atoms with Crippen molar-refractivity contribution in [1.29, 1.82) is 0 Å². The summed E-state index contributed by atoms with van der Waals surface area (Å²) >= 11 is 3.53. The van der Waals surface area contributed by atoms with E-state index in [1.807, 2.05) is 24.3 Å². The van der Waals surface area contributed by atoms with Crippen LogP contribution in [-0.2, 0) is 16.8 Å². The fraction of sp³-hybridized carbons (Fsp3) is 0.259. The normalized spacial score (nSPS) is 12.0. The first kappa shape index (κ1) is 23.1. The average Bonchev–Trinajstić information content (AvgIpc) is 3.10. The van der Waals surface area contributed by atoms with Crippen molar-refractivity contribution in [2.24, 2.45) is 5.10 Å². The van der Waals surface area contributed by atoms with Crippen LogP contribution in [0.15, 0.2) is 70.2 Å². The summed E-state index contributed by atoms with van der Waals surface area (Å²) in [5, 5.41) is 6.50. The Labute approximate surface area is 202 Å². The molecular formula is C27H28BrN3O2. The maximum absolute atomic E-state index is 12.2. The molecule has 0 aliphatic carbocycles. The molecule has 6 heteroatoms. The summed E-state index contributed by atoms with van der Waals surface area (Å²) < 4.78 is 8.78. The predicted molar refractivity (Wildman–Crippen MR) is 139 cm³/mol. The Morgan fingerprint density at radius 2 is 1.82 bits per heavy atom. The molecule has 0 saturated heterocycles. The molecule has 1 amide bonds. The van der Waals surface area contributed by atoms with E-state index in [0.29, 0.717) is 5.75 Å². The minimum absolute atomic E-state index is 0.0433. The Morgan fingerprint density at radius 1 is 1.06 bits per heavy atom. The molecule has 4 aromatic rings. The number of carbonyl (C=O) groups is 1. The van der Waals surface area contributed by atoms with E-state index in [2.05, 4.69) is 95.1 Å². The number of fused-ring (bicyclic) bond motifs is 3. The molecular weight excluding hydrogens is 478 g/mol. The molecule has 0 aliphatic rings. The molecule has 0 saturated carbocycles. The minimum atomic E-state index is -0.318. The fourth-order valence-corrected chi connectivity index (χ4v) is 4.42. The van der Waals surface area contributed by atoms with Gasteiger partial charge >= 0.3 is 0 Å². The van der Waals surface area contributed by atoms with Gasteiger partial charge < -0.3 is 9.30 Å². The first-order valence-electron chi connectivity index (χ1n) is 11.0. The molecule has 0 aliphatic heterocycles. The summed E-state index contributed by atoms with van der Waals surface area (Å²) in [5.74, 6) is 0.307. The topological polar surface area (TPSA) is 55.6 Å². The summed E-state index contributed by atoms with van der Waals surface area (Å²) in [6.45, 7) is 9.40. The minimum Gasteiger partial charge on any atom is -0.483 e. The third-order valence-electron chi connectivity index (χ3n) is 5.67. The lowest BCUT2D eigenvalue weighted by Gasteiger charge is -2.20. The summed E-state index contributed by atoms with van der Waals surface area (Å²) in [5.41, 5.74) is 7.11. The predicted octanol–water partition coefficient (Wildman–Crippen LogP) is 6.40. The van der Waals surface area contributed by atoms with Crippen molar-refractivity contribution >= 4 is 49.9 Å². The van der Waals surface area contributed by atoms with E-state index < -0.39 is 0 Å². The number of aryl methyl sites for hydroxylation is 1. The summed E-state index contributed by atoms with van der Waals surface area (Å²) in [6.07, 6.45) is 1.66. The van der Waals surface area contributed by atoms with Crippen LogP contribution in [0.2, 0.25) is 0 Å². The van der Waals surface area contributed by atoms with Gasteiger partial charge in [-0.15, -0.1) is 0 Å². The Morgan fingerprint density at radius 3 is 2.55 bits per heavy atom. The number of para-hydroxylation sites is 1. The monoisotopic (exact) mass is 505 g/mol. The molecule has 1 heterocycles. The first-order valence-corrected chi connectivity index (χ1v) is 11.8. The molecule has 0 unspecified atom stereocenters. The average molecular weight is 506 g/mol. The second-order valence-electron chi connectivity index (χ2n) is 9.02. The number of rotatable bonds is 6. The van der Waals surface area contributed by atoms with E-state index in [4.69, 9.17) is 4.74 Å². The van der Waals surface area contributed by atoms with Crippen LogP contribution in [0.3, 0.4) is 0 Å². The van der Waals surface area contributed by atoms with Gasteiger partial charge in [-0.2, -0.15) is 5.10 Å². The zero-order valence-electron chi connectivity index (χ0n) is 19.4. The van der Waals surface area contributed by atoms with Crippen molar-refractivity contribution in [3.8, 4) is 5.75 Å². The van der Waals surface area contributed by atoms with E-state index in [-0.39, 0.29) is 17.9 Å². The lowest BCUT2D eigenvalue weighted by molar-refractivity contribution is -0.123. The van der Waals surface area contributed by atoms with E-state index in [0.717, 1.165) is 16.6 Å². The Kier molecular flexibility index (Phi) is 6.56. The van der Waals surface area contributed by atoms with E-state index in [1.54, 1.807) is 6.21 Å². The van der Waals surface area contributed by atoms with Crippen LogP contribution < -0.4 is 10.2 Å². The molecule has 5 nitrogen and oxygen atoms in total. The van der Waals surface area contributed by atoms with Crippen molar-refractivity contribution in [2.45, 2.75) is 39.7 Å². The number of nitrogens with one attached hydrogen (secondary N) is 1. The highest BCUT2D eigenvalue weighted by Gasteiger charge is 2.15. The quantitative estimate of drug-likeness (QED) is 0.243. The fourth-order valence-electron chi connectivity index (χ4n) is 3.93. The Balaban J connectivity index is 1.41. The van der Waals surface area contributed by atoms with Gasteiger partial charge in [0.1, 0.15) is 5.75 Å². The molecule has 1 N–H and O–H groups in total. The number of hydrazone groups is 1. The standard InChI is InChI=1S/C27H28BrN3O2/c1-5-31-23-9-7-6-8-20(23)21-14-18(10-12-24(21)31)16-29-30-26(32)17-33-25-13-11-19(15-22(25)28)27(2,3)4/h6-16H,5,17H2,1-4H3,(H,30,32)/b29-16-. The molecule has 0 fully saturated rings. The van der Waals surface area contributed by atoms with Gasteiger partial charge in [-0.3, -0.25) is 4.79 Å². The van der Waals surface area contributed by atoms with Gasteiger partial charge in [0.15, 0.2) is 6.61 Å². The van der Waals surface area contributed by atoms with Gasteiger partial charge in [-0.25, -0.2) is 5.43 Å². The lowest BCUT2D eigenvalue weighted by Crippen LogP contribution is -2.24. The van der Waals surface area contributed by atoms with Crippen LogP contribution in [0.25, 0.3) is 21.8 Å². The Bertz CT molecular complexity index is 1350. The number of hydrogen-bond acceptors (Lipinski definition) is 3. The van der Waals surface area contributed by atoms with Crippen LogP contribution >= 0.6 is 15.9 Å². The van der Waals surface area contributed by atoms with Gasteiger partial charge in [0, 0.05) is 28.4 Å². The van der Waals surface area contributed by atoms with Gasteiger partial charge in [0.2, 0.25) is 0 Å². The zero-order valence-corrected chi connectivity index (χ0v) is 20.9. The molecule has 1 aromatic heterocycles. The number of hydrogen-bond donors (Lipinski definition) is 1. The van der Waals surface area contributed by atoms with E-state index >= 15 is 0 Å². The first-order chi connectivity index (χ1) is 15.8. The van der Waals surface area contributed by atoms with Crippen molar-refractivity contribution in [3.63, 3.8) is 0 Å². The van der Waals surface area contributed by atoms with E-state index in [1.165, 1.54) is 27.4 Å². The van der Waals surface area contributed by atoms with Crippen LogP contribution in [0.4, 0.5) is 0 Å². The number of halogens is 1. The molecule has 0 atom stereocenters. The SMILES string of the molecule is CCn1c2ccccc2c2cc(/C=N\NC(=O)COc3ccc(C(C)(C)C)cc3Br)ccc21. The van der Waals surface area contributed by atoms with Crippen molar-refractivity contribution < 1.29 is 9.53 Å². The second kappa shape index (κ2) is 9.40. The maximum atomic E-state index is 12.2. The van der Waals surface area contributed by atoms with Crippen LogP contribution in [0.1, 0.15) is 38.8 Å². The summed E-state index contributed by atoms with van der Waals surface area (Å²) in [4.78, 5) is 12.2. The van der Waals surface area contributed by atoms with Gasteiger partial charge in [0.25, 0.3) is 5.91 Å². The number of carbonyl (C=O) groups excluding carboxylic acids is 1. The van der Waals surface area contributed by atoms with Crippen molar-refractivity contribution in [2.75, 3.05) is 6.61 Å². The third kappa shape index (κ3) is 4.96. The number of ether oxygens (including phenoxy) is 1. The molecule has 0 spiro atoms. The van der Waals surface area contributed by atoms with Gasteiger partial charge in [-0.05, 0) is 69.7 Å². The van der Waals surface area contributed by atoms with E-state index in [9.17, 15) is 4.79 Å². The molecule has 33 heavy (non-hydrogen) atoms. The lowest BCUT2D eigenvalue weighted by atomic mass is 9.87. The number of nitrogens with zero attached hydrogens (tertiary/aromatic N) is 2. The Hall–Kier alpha value is -3.12. The molecule has 0 radical (unpaired) electrons. The molecule has 0 bridgehead atoms. The van der Waals surface area contributed by atoms with Crippen LogP contribution in [0.5, 0.6) is 5.75 Å². The highest BCUT2D eigenvalue weighted by Crippen LogP contribution is 2.31. The van der Waals surface area contributed by atoms with Crippen LogP contribution in [-0.4, -0.2) is 23.3 Å². The third-order valence-corrected chi connectivity index (χ3v) is 6.29. The molecule has 4 rings (SSSR count). The van der Waals surface area contributed by atoms with Crippen molar-refractivity contribution in [1.82, 2.24) is 9.99 Å². The maximum Gasteiger partial charge on any atom is 0.277 e. The molecule has 3 aromatic carbocycles. The summed E-state index contributed by atoms with van der Waals surface area (Å²) in [6, 6.07) is 20.5. The van der Waals surface area contributed by atoms with Crippen LogP contribution in [0, 0.1) is 0 Å². The highest BCUT2D eigenvalue weighted by molar-refractivity contribution is 9.10. The number of benzene rings is 3. The highest BCUT2D eigenvalue weighted by atomic mass is 79.9. The smallest absolute Gasteiger partial charge is 0.277 e. The summed E-state index contributed by atoms with van der Waals surface area (Å²) in [7, 11) is 0. The van der Waals surface area contributed by atoms with Gasteiger partial charge in [0.05, 0.1) is 10.7 Å². The largest absolute Gasteiger partial charge is 0.483 e. The zero-order chi connectivity index (χ0) is 23.6. The number of amides is 1. The number of aromatic nitrogens is 1.